The van der Waals surface area contributed by atoms with Crippen molar-refractivity contribution in [2.45, 2.75) is 26.1 Å². The first-order chi connectivity index (χ1) is 12.6. The smallest absolute Gasteiger partial charge is 0.131 e. The van der Waals surface area contributed by atoms with Gasteiger partial charge in [0.05, 0.1) is 5.02 Å². The highest BCUT2D eigenvalue weighted by atomic mass is 35.5. The molecule has 134 valence electrons. The molecule has 0 aliphatic rings. The van der Waals surface area contributed by atoms with E-state index in [1.807, 2.05) is 42.5 Å². The first-order valence-corrected chi connectivity index (χ1v) is 8.95. The van der Waals surface area contributed by atoms with E-state index in [4.69, 9.17) is 16.3 Å². The van der Waals surface area contributed by atoms with Crippen LogP contribution in [-0.4, -0.2) is 0 Å². The van der Waals surface area contributed by atoms with Crippen LogP contribution in [0.3, 0.4) is 0 Å². The van der Waals surface area contributed by atoms with E-state index in [2.05, 4.69) is 24.4 Å². The molecule has 0 bridgehead atoms. The van der Waals surface area contributed by atoms with Gasteiger partial charge < -0.3 is 10.1 Å². The Balaban J connectivity index is 1.66. The summed E-state index contributed by atoms with van der Waals surface area (Å²) in [6, 6.07) is 22.9. The number of nitrogens with one attached hydrogen (secondary N) is 1. The van der Waals surface area contributed by atoms with Crippen molar-refractivity contribution in [3.63, 3.8) is 0 Å². The van der Waals surface area contributed by atoms with Gasteiger partial charge in [-0.15, -0.1) is 0 Å². The minimum Gasteiger partial charge on any atom is -0.488 e. The van der Waals surface area contributed by atoms with Gasteiger partial charge in [-0.2, -0.15) is 0 Å². The van der Waals surface area contributed by atoms with Crippen LogP contribution in [-0.2, 0) is 13.2 Å². The van der Waals surface area contributed by atoms with Crippen molar-refractivity contribution in [1.82, 2.24) is 5.32 Å². The van der Waals surface area contributed by atoms with Crippen molar-refractivity contribution < 1.29 is 9.13 Å². The van der Waals surface area contributed by atoms with E-state index in [0.717, 1.165) is 11.3 Å². The molecule has 0 radical (unpaired) electrons. The van der Waals surface area contributed by atoms with Gasteiger partial charge in [0.15, 0.2) is 0 Å². The van der Waals surface area contributed by atoms with Gasteiger partial charge in [-0.3, -0.25) is 0 Å². The van der Waals surface area contributed by atoms with Crippen LogP contribution in [0.4, 0.5) is 4.39 Å². The molecule has 0 spiro atoms. The third kappa shape index (κ3) is 4.63. The van der Waals surface area contributed by atoms with Crippen molar-refractivity contribution in [3.8, 4) is 5.75 Å². The zero-order valence-corrected chi connectivity index (χ0v) is 15.3. The summed E-state index contributed by atoms with van der Waals surface area (Å²) in [6.07, 6.45) is 0. The number of hydrogen-bond acceptors (Lipinski definition) is 2. The van der Waals surface area contributed by atoms with E-state index in [9.17, 15) is 4.39 Å². The van der Waals surface area contributed by atoms with Crippen LogP contribution in [0.2, 0.25) is 5.02 Å². The maximum Gasteiger partial charge on any atom is 0.131 e. The Morgan fingerprint density at radius 1 is 0.962 bits per heavy atom. The van der Waals surface area contributed by atoms with Gasteiger partial charge in [-0.25, -0.2) is 4.39 Å². The highest BCUT2D eigenvalue weighted by Gasteiger charge is 2.10. The molecular weight excluding hydrogens is 349 g/mol. The molecule has 1 atom stereocenters. The number of hydrogen-bond donors (Lipinski definition) is 1. The summed E-state index contributed by atoms with van der Waals surface area (Å²) in [5.74, 6) is 0.366. The second-order valence-electron chi connectivity index (χ2n) is 6.11. The van der Waals surface area contributed by atoms with Crippen molar-refractivity contribution in [3.05, 3.63) is 100 Å². The van der Waals surface area contributed by atoms with Crippen LogP contribution >= 0.6 is 11.6 Å². The predicted octanol–water partition coefficient (Wildman–Crippen LogP) is 5.91. The minimum absolute atomic E-state index is 0.0940. The zero-order chi connectivity index (χ0) is 18.4. The molecule has 3 aromatic carbocycles. The lowest BCUT2D eigenvalue weighted by Crippen LogP contribution is -2.18. The first-order valence-electron chi connectivity index (χ1n) is 8.57. The topological polar surface area (TPSA) is 21.3 Å². The second-order valence-corrected chi connectivity index (χ2v) is 6.52. The Bertz CT molecular complexity index is 834. The highest BCUT2D eigenvalue weighted by Crippen LogP contribution is 2.24. The summed E-state index contributed by atoms with van der Waals surface area (Å²) in [7, 11) is 0. The summed E-state index contributed by atoms with van der Waals surface area (Å²) in [4.78, 5) is 0. The van der Waals surface area contributed by atoms with Gasteiger partial charge >= 0.3 is 0 Å². The number of benzene rings is 3. The van der Waals surface area contributed by atoms with Crippen molar-refractivity contribution >= 4 is 11.6 Å². The largest absolute Gasteiger partial charge is 0.488 e. The van der Waals surface area contributed by atoms with Crippen LogP contribution in [0.5, 0.6) is 5.75 Å². The van der Waals surface area contributed by atoms with Crippen molar-refractivity contribution in [1.29, 1.82) is 0 Å². The summed E-state index contributed by atoms with van der Waals surface area (Å²) in [5.41, 5.74) is 2.61. The van der Waals surface area contributed by atoms with Gasteiger partial charge in [-0.05, 0) is 30.7 Å². The first kappa shape index (κ1) is 18.4. The highest BCUT2D eigenvalue weighted by molar-refractivity contribution is 6.31. The number of ether oxygens (including phenoxy) is 1. The third-order valence-electron chi connectivity index (χ3n) is 4.30. The molecule has 1 N–H and O–H groups in total. The fourth-order valence-electron chi connectivity index (χ4n) is 2.73. The second kappa shape index (κ2) is 8.84. The monoisotopic (exact) mass is 369 g/mol. The lowest BCUT2D eigenvalue weighted by atomic mass is 10.1. The Labute approximate surface area is 158 Å². The molecule has 0 saturated heterocycles. The molecule has 2 nitrogen and oxygen atoms in total. The molecule has 4 heteroatoms. The minimum atomic E-state index is -0.356. The van der Waals surface area contributed by atoms with E-state index in [-0.39, 0.29) is 18.5 Å². The Kier molecular flexibility index (Phi) is 6.26. The number of para-hydroxylation sites is 1. The van der Waals surface area contributed by atoms with E-state index in [1.165, 1.54) is 11.6 Å². The summed E-state index contributed by atoms with van der Waals surface area (Å²) < 4.78 is 19.8. The molecular formula is C22H21ClFNO. The molecule has 0 amide bonds. The standard InChI is InChI=1S/C22H21ClFNO/c1-16(17-8-3-2-4-9-17)25-14-18-10-5-6-13-22(18)26-15-19-20(23)11-7-12-21(19)24/h2-13,16,25H,14-15H2,1H3. The summed E-state index contributed by atoms with van der Waals surface area (Å²) >= 11 is 6.07. The number of rotatable bonds is 7. The van der Waals surface area contributed by atoms with Crippen molar-refractivity contribution in [2.24, 2.45) is 0 Å². The molecule has 0 aromatic heterocycles. The van der Waals surface area contributed by atoms with Crippen LogP contribution in [0.25, 0.3) is 0 Å². The van der Waals surface area contributed by atoms with Crippen LogP contribution in [0, 0.1) is 5.82 Å². The lowest BCUT2D eigenvalue weighted by Gasteiger charge is -2.17. The Morgan fingerprint density at radius 3 is 2.46 bits per heavy atom. The molecule has 0 fully saturated rings. The van der Waals surface area contributed by atoms with Gasteiger partial charge in [-0.1, -0.05) is 66.2 Å². The SMILES string of the molecule is CC(NCc1ccccc1OCc1c(F)cccc1Cl)c1ccccc1. The molecule has 26 heavy (non-hydrogen) atoms. The van der Waals surface area contributed by atoms with E-state index in [0.29, 0.717) is 17.1 Å². The third-order valence-corrected chi connectivity index (χ3v) is 4.66. The summed E-state index contributed by atoms with van der Waals surface area (Å²) in [5, 5.41) is 3.87. The zero-order valence-electron chi connectivity index (χ0n) is 14.6. The van der Waals surface area contributed by atoms with Gasteiger partial charge in [0.2, 0.25) is 0 Å². The van der Waals surface area contributed by atoms with Gasteiger partial charge in [0.1, 0.15) is 18.2 Å². The normalized spacial score (nSPS) is 12.0. The van der Waals surface area contributed by atoms with Crippen LogP contribution in [0.15, 0.2) is 72.8 Å². The lowest BCUT2D eigenvalue weighted by molar-refractivity contribution is 0.295. The van der Waals surface area contributed by atoms with Crippen LogP contribution < -0.4 is 10.1 Å². The maximum atomic E-state index is 13.9. The molecule has 0 saturated carbocycles. The molecule has 3 rings (SSSR count). The van der Waals surface area contributed by atoms with Gasteiger partial charge in [0, 0.05) is 23.7 Å². The molecule has 3 aromatic rings. The van der Waals surface area contributed by atoms with E-state index >= 15 is 0 Å². The molecule has 0 aliphatic carbocycles. The van der Waals surface area contributed by atoms with Crippen LogP contribution in [0.1, 0.15) is 29.7 Å². The molecule has 0 heterocycles. The quantitative estimate of drug-likeness (QED) is 0.559. The summed E-state index contributed by atoms with van der Waals surface area (Å²) in [6.45, 7) is 2.87. The van der Waals surface area contributed by atoms with Crippen molar-refractivity contribution in [2.75, 3.05) is 0 Å². The maximum absolute atomic E-state index is 13.9. The average molecular weight is 370 g/mol. The number of halogens is 2. The predicted molar refractivity (Wildman–Crippen MR) is 104 cm³/mol. The molecule has 1 unspecified atom stereocenters. The van der Waals surface area contributed by atoms with E-state index in [1.54, 1.807) is 12.1 Å². The Hall–Kier alpha value is -2.36. The molecule has 0 aliphatic heterocycles. The van der Waals surface area contributed by atoms with E-state index < -0.39 is 0 Å². The fraction of sp³-hybridized carbons (Fsp3) is 0.182. The Morgan fingerprint density at radius 2 is 1.69 bits per heavy atom. The average Bonchev–Trinajstić information content (AvgIpc) is 2.67. The fourth-order valence-corrected chi connectivity index (χ4v) is 2.95. The van der Waals surface area contributed by atoms with Gasteiger partial charge in [0.25, 0.3) is 0 Å².